The number of rotatable bonds is 6. The van der Waals surface area contributed by atoms with Crippen LogP contribution in [-0.2, 0) is 11.3 Å². The number of carbonyl (C=O) groups is 1. The van der Waals surface area contributed by atoms with Crippen LogP contribution in [0.4, 0.5) is 10.2 Å². The van der Waals surface area contributed by atoms with Gasteiger partial charge >= 0.3 is 5.91 Å². The van der Waals surface area contributed by atoms with Crippen molar-refractivity contribution in [3.05, 3.63) is 59.8 Å². The number of halogens is 3. The van der Waals surface area contributed by atoms with Crippen molar-refractivity contribution in [1.82, 2.24) is 20.3 Å². The minimum atomic E-state index is -1.22. The summed E-state index contributed by atoms with van der Waals surface area (Å²) >= 11 is 0. The van der Waals surface area contributed by atoms with Crippen LogP contribution in [0.15, 0.2) is 48.6 Å². The molecule has 152 valence electrons. The standard InChI is InChI=1S/C18H20FN5O2.2ClH/c19-16(18(25)23-26)8-15-9-21-17(10-20-15)22-14-6-7-24(12-14)11-13-4-2-1-3-5-13;;/h1-5,8-10,14,26H,6-7,11-12H2,(H,21,22)(H,23,25);2*1H/t14-;;/m1../s1. The van der Waals surface area contributed by atoms with Gasteiger partial charge in [-0.1, -0.05) is 30.3 Å². The van der Waals surface area contributed by atoms with Gasteiger partial charge in [0, 0.05) is 31.8 Å². The fourth-order valence-corrected chi connectivity index (χ4v) is 2.88. The first-order valence-electron chi connectivity index (χ1n) is 8.30. The Bertz CT molecular complexity index is 777. The Hall–Kier alpha value is -2.26. The van der Waals surface area contributed by atoms with Crippen molar-refractivity contribution in [2.45, 2.75) is 19.0 Å². The van der Waals surface area contributed by atoms with E-state index in [0.29, 0.717) is 5.82 Å². The molecule has 1 aromatic heterocycles. The van der Waals surface area contributed by atoms with Crippen LogP contribution in [0.25, 0.3) is 6.08 Å². The summed E-state index contributed by atoms with van der Waals surface area (Å²) in [5.41, 5.74) is 2.70. The van der Waals surface area contributed by atoms with Crippen molar-refractivity contribution in [2.75, 3.05) is 18.4 Å². The molecule has 7 nitrogen and oxygen atoms in total. The summed E-state index contributed by atoms with van der Waals surface area (Å²) in [7, 11) is 0. The highest BCUT2D eigenvalue weighted by Gasteiger charge is 2.22. The van der Waals surface area contributed by atoms with E-state index in [1.807, 2.05) is 18.2 Å². The van der Waals surface area contributed by atoms with E-state index in [1.54, 1.807) is 0 Å². The molecule has 0 bridgehead atoms. The molecular weight excluding hydrogens is 408 g/mol. The van der Waals surface area contributed by atoms with Gasteiger partial charge in [0.15, 0.2) is 5.83 Å². The maximum absolute atomic E-state index is 13.3. The first-order valence-corrected chi connectivity index (χ1v) is 8.30. The summed E-state index contributed by atoms with van der Waals surface area (Å²) in [5.74, 6) is -1.77. The zero-order valence-electron chi connectivity index (χ0n) is 14.9. The fourth-order valence-electron chi connectivity index (χ4n) is 2.88. The Labute approximate surface area is 174 Å². The van der Waals surface area contributed by atoms with Gasteiger partial charge in [0.25, 0.3) is 0 Å². The molecule has 0 saturated carbocycles. The SMILES string of the molecule is Cl.Cl.O=C(NO)C(F)=Cc1cnc(N[C@@H]2CCN(Cc3ccccc3)C2)cn1. The lowest BCUT2D eigenvalue weighted by Gasteiger charge is -2.17. The number of likely N-dealkylation sites (tertiary alicyclic amines) is 1. The number of nitrogens with zero attached hydrogens (tertiary/aromatic N) is 3. The lowest BCUT2D eigenvalue weighted by atomic mass is 10.2. The number of benzene rings is 1. The van der Waals surface area contributed by atoms with Crippen LogP contribution in [0.5, 0.6) is 0 Å². The maximum atomic E-state index is 13.3. The van der Waals surface area contributed by atoms with Crippen molar-refractivity contribution in [3.8, 4) is 0 Å². The second kappa shape index (κ2) is 11.6. The summed E-state index contributed by atoms with van der Waals surface area (Å²) in [6.45, 7) is 2.83. The second-order valence-electron chi connectivity index (χ2n) is 6.11. The minimum Gasteiger partial charge on any atom is -0.365 e. The van der Waals surface area contributed by atoms with Gasteiger partial charge in [0.05, 0.1) is 18.1 Å². The zero-order chi connectivity index (χ0) is 18.4. The highest BCUT2D eigenvalue weighted by atomic mass is 35.5. The van der Waals surface area contributed by atoms with Crippen LogP contribution in [0, 0.1) is 0 Å². The number of hydrogen-bond acceptors (Lipinski definition) is 6. The van der Waals surface area contributed by atoms with Crippen LogP contribution in [-0.4, -0.2) is 45.1 Å². The molecule has 3 rings (SSSR count). The molecule has 1 aliphatic heterocycles. The molecule has 2 heterocycles. The van der Waals surface area contributed by atoms with Gasteiger partial charge in [-0.15, -0.1) is 24.8 Å². The first kappa shape index (κ1) is 23.8. The van der Waals surface area contributed by atoms with E-state index in [1.165, 1.54) is 23.4 Å². The Morgan fingerprint density at radius 3 is 2.64 bits per heavy atom. The molecule has 10 heteroatoms. The number of anilines is 1. The second-order valence-corrected chi connectivity index (χ2v) is 6.11. The van der Waals surface area contributed by atoms with Crippen molar-refractivity contribution in [2.24, 2.45) is 0 Å². The molecule has 0 unspecified atom stereocenters. The number of hydroxylamine groups is 1. The average Bonchev–Trinajstić information content (AvgIpc) is 3.10. The predicted molar refractivity (Wildman–Crippen MR) is 109 cm³/mol. The van der Waals surface area contributed by atoms with Gasteiger partial charge < -0.3 is 5.32 Å². The molecule has 3 N–H and O–H groups in total. The van der Waals surface area contributed by atoms with Crippen LogP contribution >= 0.6 is 24.8 Å². The lowest BCUT2D eigenvalue weighted by molar-refractivity contribution is -0.126. The summed E-state index contributed by atoms with van der Waals surface area (Å²) < 4.78 is 13.3. The van der Waals surface area contributed by atoms with Gasteiger partial charge in [-0.3, -0.25) is 19.9 Å². The number of amides is 1. The van der Waals surface area contributed by atoms with E-state index < -0.39 is 11.7 Å². The molecule has 0 spiro atoms. The van der Waals surface area contributed by atoms with Gasteiger partial charge in [-0.2, -0.15) is 0 Å². The zero-order valence-corrected chi connectivity index (χ0v) is 16.5. The van der Waals surface area contributed by atoms with E-state index in [2.05, 4.69) is 32.3 Å². The molecule has 1 amide bonds. The Morgan fingerprint density at radius 2 is 2.00 bits per heavy atom. The third-order valence-electron chi connectivity index (χ3n) is 4.14. The Kier molecular flexibility index (Phi) is 9.81. The van der Waals surface area contributed by atoms with Gasteiger partial charge in [0.1, 0.15) is 5.82 Å². The summed E-state index contributed by atoms with van der Waals surface area (Å²) in [5, 5.41) is 11.7. The quantitative estimate of drug-likeness (QED) is 0.371. The topological polar surface area (TPSA) is 90.4 Å². The van der Waals surface area contributed by atoms with Crippen molar-refractivity contribution in [1.29, 1.82) is 0 Å². The van der Waals surface area contributed by atoms with E-state index >= 15 is 0 Å². The van der Waals surface area contributed by atoms with Crippen molar-refractivity contribution >= 4 is 42.6 Å². The third-order valence-corrected chi connectivity index (χ3v) is 4.14. The minimum absolute atomic E-state index is 0. The normalized spacial score (nSPS) is 16.6. The Balaban J connectivity index is 0.00000196. The molecule has 1 fully saturated rings. The number of carbonyl (C=O) groups excluding carboxylic acids is 1. The molecule has 1 saturated heterocycles. The summed E-state index contributed by atoms with van der Waals surface area (Å²) in [4.78, 5) is 21.5. The van der Waals surface area contributed by atoms with Crippen LogP contribution in [0.1, 0.15) is 17.7 Å². The molecule has 2 aromatic rings. The first-order chi connectivity index (χ1) is 12.6. The summed E-state index contributed by atoms with van der Waals surface area (Å²) in [6.07, 6.45) is 4.76. The smallest absolute Gasteiger partial charge is 0.303 e. The lowest BCUT2D eigenvalue weighted by Crippen LogP contribution is -2.26. The van der Waals surface area contributed by atoms with E-state index in [0.717, 1.165) is 32.1 Å². The molecule has 1 aromatic carbocycles. The average molecular weight is 430 g/mol. The van der Waals surface area contributed by atoms with Crippen LogP contribution < -0.4 is 10.8 Å². The number of nitrogens with one attached hydrogen (secondary N) is 2. The third kappa shape index (κ3) is 6.72. The molecule has 28 heavy (non-hydrogen) atoms. The van der Waals surface area contributed by atoms with Crippen molar-refractivity contribution in [3.63, 3.8) is 0 Å². The van der Waals surface area contributed by atoms with Gasteiger partial charge in [-0.05, 0) is 12.0 Å². The highest BCUT2D eigenvalue weighted by molar-refractivity contribution is 5.94. The molecule has 1 atom stereocenters. The number of aromatic nitrogens is 2. The van der Waals surface area contributed by atoms with Gasteiger partial charge in [0.2, 0.25) is 0 Å². The van der Waals surface area contributed by atoms with Crippen LogP contribution in [0.3, 0.4) is 0 Å². The number of hydrogen-bond donors (Lipinski definition) is 3. The molecule has 1 aliphatic rings. The summed E-state index contributed by atoms with van der Waals surface area (Å²) in [6, 6.07) is 10.6. The maximum Gasteiger partial charge on any atom is 0.303 e. The van der Waals surface area contributed by atoms with Gasteiger partial charge in [-0.25, -0.2) is 14.9 Å². The monoisotopic (exact) mass is 429 g/mol. The van der Waals surface area contributed by atoms with Crippen molar-refractivity contribution < 1.29 is 14.4 Å². The fraction of sp³-hybridized carbons (Fsp3) is 0.278. The van der Waals surface area contributed by atoms with E-state index in [-0.39, 0.29) is 36.5 Å². The molecular formula is C18H22Cl2FN5O2. The van der Waals surface area contributed by atoms with Crippen LogP contribution in [0.2, 0.25) is 0 Å². The predicted octanol–water partition coefficient (Wildman–Crippen LogP) is 2.82. The highest BCUT2D eigenvalue weighted by Crippen LogP contribution is 2.17. The Morgan fingerprint density at radius 1 is 1.25 bits per heavy atom. The van der Waals surface area contributed by atoms with E-state index in [9.17, 15) is 9.18 Å². The molecule has 0 aliphatic carbocycles. The largest absolute Gasteiger partial charge is 0.365 e. The molecule has 0 radical (unpaired) electrons. The van der Waals surface area contributed by atoms with E-state index in [4.69, 9.17) is 5.21 Å².